The van der Waals surface area contributed by atoms with Gasteiger partial charge >= 0.3 is 0 Å². The second kappa shape index (κ2) is 6.87. The average molecular weight is 324 g/mol. The SMILES string of the molecule is C[C@H](CCc1cn(C)c2ccccc12)NC(=O)c1ccc(F)cc1. The van der Waals surface area contributed by atoms with Crippen molar-refractivity contribution in [1.29, 1.82) is 0 Å². The van der Waals surface area contributed by atoms with E-state index in [1.54, 1.807) is 0 Å². The molecule has 124 valence electrons. The van der Waals surface area contributed by atoms with Gasteiger partial charge in [0.2, 0.25) is 0 Å². The molecule has 0 radical (unpaired) electrons. The summed E-state index contributed by atoms with van der Waals surface area (Å²) in [6, 6.07) is 14.0. The molecule has 0 saturated heterocycles. The molecule has 3 rings (SSSR count). The number of amides is 1. The van der Waals surface area contributed by atoms with Gasteiger partial charge in [-0.1, -0.05) is 18.2 Å². The van der Waals surface area contributed by atoms with Crippen LogP contribution in [0.15, 0.2) is 54.7 Å². The van der Waals surface area contributed by atoms with E-state index in [-0.39, 0.29) is 17.8 Å². The molecule has 0 spiro atoms. The van der Waals surface area contributed by atoms with Crippen molar-refractivity contribution in [3.8, 4) is 0 Å². The van der Waals surface area contributed by atoms with E-state index in [0.717, 1.165) is 12.8 Å². The fourth-order valence-corrected chi connectivity index (χ4v) is 2.98. The van der Waals surface area contributed by atoms with Gasteiger partial charge in [0.25, 0.3) is 5.91 Å². The number of fused-ring (bicyclic) bond motifs is 1. The van der Waals surface area contributed by atoms with Crippen molar-refractivity contribution in [3.63, 3.8) is 0 Å². The zero-order valence-electron chi connectivity index (χ0n) is 13.9. The molecular weight excluding hydrogens is 303 g/mol. The summed E-state index contributed by atoms with van der Waals surface area (Å²) in [4.78, 5) is 12.2. The number of halogens is 1. The van der Waals surface area contributed by atoms with Gasteiger partial charge in [0.15, 0.2) is 0 Å². The van der Waals surface area contributed by atoms with E-state index in [2.05, 4.69) is 28.2 Å². The number of nitrogens with one attached hydrogen (secondary N) is 1. The molecule has 0 fully saturated rings. The first-order chi connectivity index (χ1) is 11.5. The molecule has 0 aliphatic heterocycles. The van der Waals surface area contributed by atoms with Crippen molar-refractivity contribution in [3.05, 3.63) is 71.7 Å². The second-order valence-corrected chi connectivity index (χ2v) is 6.20. The summed E-state index contributed by atoms with van der Waals surface area (Å²) in [5, 5.41) is 4.23. The number of rotatable bonds is 5. The second-order valence-electron chi connectivity index (χ2n) is 6.20. The van der Waals surface area contributed by atoms with Crippen LogP contribution in [0.1, 0.15) is 29.3 Å². The van der Waals surface area contributed by atoms with Gasteiger partial charge in [-0.15, -0.1) is 0 Å². The molecule has 0 unspecified atom stereocenters. The molecule has 1 N–H and O–H groups in total. The van der Waals surface area contributed by atoms with Crippen LogP contribution in [-0.4, -0.2) is 16.5 Å². The van der Waals surface area contributed by atoms with Crippen molar-refractivity contribution in [2.45, 2.75) is 25.8 Å². The molecule has 1 aromatic heterocycles. The highest BCUT2D eigenvalue weighted by atomic mass is 19.1. The van der Waals surface area contributed by atoms with Crippen molar-refractivity contribution in [2.24, 2.45) is 7.05 Å². The molecule has 0 saturated carbocycles. The summed E-state index contributed by atoms with van der Waals surface area (Å²) in [6.07, 6.45) is 3.90. The Hall–Kier alpha value is -2.62. The van der Waals surface area contributed by atoms with Crippen molar-refractivity contribution >= 4 is 16.8 Å². The summed E-state index contributed by atoms with van der Waals surface area (Å²) in [5.41, 5.74) is 2.99. The van der Waals surface area contributed by atoms with Crippen LogP contribution in [-0.2, 0) is 13.5 Å². The Balaban J connectivity index is 1.61. The Bertz CT molecular complexity index is 852. The molecule has 0 aliphatic carbocycles. The van der Waals surface area contributed by atoms with E-state index in [0.29, 0.717) is 5.56 Å². The number of carbonyl (C=O) groups is 1. The monoisotopic (exact) mass is 324 g/mol. The Morgan fingerprint density at radius 1 is 1.17 bits per heavy atom. The Labute approximate surface area is 141 Å². The molecule has 1 amide bonds. The van der Waals surface area contributed by atoms with E-state index in [1.165, 1.54) is 40.7 Å². The van der Waals surface area contributed by atoms with Gasteiger partial charge in [0, 0.05) is 35.8 Å². The Morgan fingerprint density at radius 3 is 2.62 bits per heavy atom. The van der Waals surface area contributed by atoms with E-state index in [9.17, 15) is 9.18 Å². The summed E-state index contributed by atoms with van der Waals surface area (Å²) in [6.45, 7) is 1.99. The van der Waals surface area contributed by atoms with E-state index < -0.39 is 0 Å². The molecule has 3 nitrogen and oxygen atoms in total. The molecule has 1 atom stereocenters. The third kappa shape index (κ3) is 3.48. The third-order valence-corrected chi connectivity index (χ3v) is 4.31. The van der Waals surface area contributed by atoms with Gasteiger partial charge in [-0.05, 0) is 55.7 Å². The number of aryl methyl sites for hydroxylation is 2. The largest absolute Gasteiger partial charge is 0.350 e. The minimum absolute atomic E-state index is 0.0431. The van der Waals surface area contributed by atoms with E-state index >= 15 is 0 Å². The van der Waals surface area contributed by atoms with Crippen molar-refractivity contribution in [2.75, 3.05) is 0 Å². The maximum absolute atomic E-state index is 12.9. The highest BCUT2D eigenvalue weighted by Gasteiger charge is 2.12. The lowest BCUT2D eigenvalue weighted by Crippen LogP contribution is -2.32. The third-order valence-electron chi connectivity index (χ3n) is 4.31. The average Bonchev–Trinajstić information content (AvgIpc) is 2.90. The van der Waals surface area contributed by atoms with Crippen LogP contribution in [0.25, 0.3) is 10.9 Å². The Morgan fingerprint density at radius 2 is 1.88 bits per heavy atom. The van der Waals surface area contributed by atoms with Gasteiger partial charge in [-0.3, -0.25) is 4.79 Å². The highest BCUT2D eigenvalue weighted by Crippen LogP contribution is 2.21. The molecule has 24 heavy (non-hydrogen) atoms. The quantitative estimate of drug-likeness (QED) is 0.754. The number of aromatic nitrogens is 1. The lowest BCUT2D eigenvalue weighted by molar-refractivity contribution is 0.0938. The van der Waals surface area contributed by atoms with Gasteiger partial charge in [-0.2, -0.15) is 0 Å². The fourth-order valence-electron chi connectivity index (χ4n) is 2.98. The van der Waals surface area contributed by atoms with Crippen LogP contribution in [0, 0.1) is 5.82 Å². The van der Waals surface area contributed by atoms with Gasteiger partial charge in [0.1, 0.15) is 5.82 Å². The number of carbonyl (C=O) groups excluding carboxylic acids is 1. The molecule has 2 aromatic carbocycles. The maximum atomic E-state index is 12.9. The molecule has 4 heteroatoms. The lowest BCUT2D eigenvalue weighted by atomic mass is 10.0. The van der Waals surface area contributed by atoms with Crippen molar-refractivity contribution < 1.29 is 9.18 Å². The van der Waals surface area contributed by atoms with Crippen molar-refractivity contribution in [1.82, 2.24) is 9.88 Å². The molecule has 3 aromatic rings. The number of nitrogens with zero attached hydrogens (tertiary/aromatic N) is 1. The minimum atomic E-state index is -0.337. The Kier molecular flexibility index (Phi) is 4.65. The van der Waals surface area contributed by atoms with Crippen LogP contribution in [0.5, 0.6) is 0 Å². The summed E-state index contributed by atoms with van der Waals surface area (Å²) >= 11 is 0. The van der Waals surface area contributed by atoms with Gasteiger partial charge in [-0.25, -0.2) is 4.39 Å². The molecule has 0 bridgehead atoms. The number of hydrogen-bond donors (Lipinski definition) is 1. The molecule has 0 aliphatic rings. The zero-order valence-corrected chi connectivity index (χ0v) is 13.9. The van der Waals surface area contributed by atoms with Crippen LogP contribution < -0.4 is 5.32 Å². The maximum Gasteiger partial charge on any atom is 0.251 e. The number of para-hydroxylation sites is 1. The zero-order chi connectivity index (χ0) is 17.1. The van der Waals surface area contributed by atoms with Crippen LogP contribution >= 0.6 is 0 Å². The topological polar surface area (TPSA) is 34.0 Å². The first-order valence-corrected chi connectivity index (χ1v) is 8.14. The summed E-state index contributed by atoms with van der Waals surface area (Å²) in [5.74, 6) is -0.504. The number of hydrogen-bond acceptors (Lipinski definition) is 1. The van der Waals surface area contributed by atoms with Crippen LogP contribution in [0.4, 0.5) is 4.39 Å². The number of benzene rings is 2. The first-order valence-electron chi connectivity index (χ1n) is 8.14. The lowest BCUT2D eigenvalue weighted by Gasteiger charge is -2.13. The van der Waals surface area contributed by atoms with Crippen LogP contribution in [0.2, 0.25) is 0 Å². The van der Waals surface area contributed by atoms with Gasteiger partial charge in [0.05, 0.1) is 0 Å². The molecular formula is C20H21FN2O. The van der Waals surface area contributed by atoms with Crippen LogP contribution in [0.3, 0.4) is 0 Å². The first kappa shape index (κ1) is 16.2. The smallest absolute Gasteiger partial charge is 0.251 e. The molecule has 1 heterocycles. The fraction of sp³-hybridized carbons (Fsp3) is 0.250. The summed E-state index contributed by atoms with van der Waals surface area (Å²) in [7, 11) is 2.05. The predicted molar refractivity (Wildman–Crippen MR) is 94.6 cm³/mol. The predicted octanol–water partition coefficient (Wildman–Crippen LogP) is 4.07. The van der Waals surface area contributed by atoms with E-state index in [4.69, 9.17) is 0 Å². The standard InChI is InChI=1S/C20H21FN2O/c1-14(22-20(24)15-9-11-17(21)12-10-15)7-8-16-13-23(2)19-6-4-3-5-18(16)19/h3-6,9-14H,7-8H2,1-2H3,(H,22,24)/t14-/m1/s1. The van der Waals surface area contributed by atoms with E-state index in [1.807, 2.05) is 26.1 Å². The highest BCUT2D eigenvalue weighted by molar-refractivity contribution is 5.94. The normalized spacial score (nSPS) is 12.3. The summed E-state index contributed by atoms with van der Waals surface area (Å²) < 4.78 is 15.0. The van der Waals surface area contributed by atoms with Gasteiger partial charge < -0.3 is 9.88 Å². The minimum Gasteiger partial charge on any atom is -0.350 e.